The number of hydrogen-bond donors (Lipinski definition) is 1. The van der Waals surface area contributed by atoms with Crippen LogP contribution in [0.15, 0.2) is 30.3 Å². The average molecular weight is 355 g/mol. The first-order valence-corrected chi connectivity index (χ1v) is 6.98. The van der Waals surface area contributed by atoms with Crippen LogP contribution in [0.3, 0.4) is 0 Å². The summed E-state index contributed by atoms with van der Waals surface area (Å²) in [7, 11) is 0.921. The van der Waals surface area contributed by atoms with Crippen molar-refractivity contribution in [2.75, 3.05) is 7.11 Å². The number of alkyl halides is 2. The third kappa shape index (κ3) is 6.48. The van der Waals surface area contributed by atoms with E-state index in [2.05, 4.69) is 9.53 Å². The van der Waals surface area contributed by atoms with Gasteiger partial charge in [-0.2, -0.15) is 4.79 Å². The summed E-state index contributed by atoms with van der Waals surface area (Å²) >= 11 is 0. The Labute approximate surface area is 141 Å². The molecule has 0 saturated carbocycles. The number of nitrogens with one attached hydrogen (secondary N) is 1. The molecule has 8 nitrogen and oxygen atoms in total. The van der Waals surface area contributed by atoms with Gasteiger partial charge in [-0.1, -0.05) is 30.3 Å². The number of ether oxygens (including phenoxy) is 2. The normalized spacial score (nSPS) is 11.2. The molecule has 0 aliphatic carbocycles. The van der Waals surface area contributed by atoms with Crippen LogP contribution in [0.5, 0.6) is 0 Å². The van der Waals surface area contributed by atoms with Crippen molar-refractivity contribution in [1.82, 2.24) is 5.32 Å². The lowest BCUT2D eigenvalue weighted by Gasteiger charge is -2.16. The van der Waals surface area contributed by atoms with E-state index in [4.69, 9.17) is 10.3 Å². The second-order valence-electron chi connectivity index (χ2n) is 4.71. The summed E-state index contributed by atoms with van der Waals surface area (Å²) in [6, 6.07) is 6.57. The largest absolute Gasteiger partial charge is 0.460 e. The molecule has 25 heavy (non-hydrogen) atoms. The molecule has 1 amide bonds. The van der Waals surface area contributed by atoms with Gasteiger partial charge in [-0.3, -0.25) is 4.79 Å². The van der Waals surface area contributed by atoms with Gasteiger partial charge >= 0.3 is 17.8 Å². The van der Waals surface area contributed by atoms with Crippen molar-refractivity contribution in [3.63, 3.8) is 0 Å². The lowest BCUT2D eigenvalue weighted by atomic mass is 10.1. The van der Waals surface area contributed by atoms with E-state index in [0.717, 1.165) is 7.11 Å². The van der Waals surface area contributed by atoms with E-state index in [-0.39, 0.29) is 6.61 Å². The fourth-order valence-electron chi connectivity index (χ4n) is 1.72. The second-order valence-corrected chi connectivity index (χ2v) is 4.71. The predicted molar refractivity (Wildman–Crippen MR) is 79.8 cm³/mol. The number of amides is 1. The highest BCUT2D eigenvalue weighted by Gasteiger charge is 2.35. The van der Waals surface area contributed by atoms with Crippen molar-refractivity contribution in [3.8, 4) is 0 Å². The van der Waals surface area contributed by atoms with E-state index in [1.807, 2.05) is 5.32 Å². The van der Waals surface area contributed by atoms with Crippen molar-refractivity contribution in [3.05, 3.63) is 41.4 Å². The molecule has 1 aromatic rings. The van der Waals surface area contributed by atoms with Gasteiger partial charge in [-0.05, 0) is 5.56 Å². The molecule has 0 heterocycles. The number of esters is 1. The first-order chi connectivity index (χ1) is 11.9. The molecule has 0 bridgehead atoms. The van der Waals surface area contributed by atoms with Gasteiger partial charge in [-0.25, -0.2) is 18.4 Å². The number of halogens is 2. The Morgan fingerprint density at radius 2 is 1.88 bits per heavy atom. The van der Waals surface area contributed by atoms with E-state index in [9.17, 15) is 23.2 Å². The molecule has 0 fully saturated rings. The number of methoxy groups -OCH3 is 1. The van der Waals surface area contributed by atoms with E-state index < -0.39 is 42.4 Å². The zero-order valence-electron chi connectivity index (χ0n) is 13.1. The van der Waals surface area contributed by atoms with E-state index >= 15 is 0 Å². The highest BCUT2D eigenvalue weighted by atomic mass is 19.3. The van der Waals surface area contributed by atoms with Crippen LogP contribution in [0.25, 0.3) is 5.53 Å². The molecule has 10 heteroatoms. The Morgan fingerprint density at radius 3 is 2.40 bits per heavy atom. The number of carbonyl (C=O) groups excluding carboxylic acids is 3. The SMILES string of the molecule is COC(=O)C(=[N+]=[N-])C(=O)CC(NC(=O)OCc1ccccc1)C(F)F. The maximum atomic E-state index is 13.0. The first-order valence-electron chi connectivity index (χ1n) is 6.98. The Morgan fingerprint density at radius 1 is 1.24 bits per heavy atom. The molecule has 0 aliphatic heterocycles. The lowest BCUT2D eigenvalue weighted by molar-refractivity contribution is -0.139. The Bertz CT molecular complexity index is 675. The van der Waals surface area contributed by atoms with Gasteiger partial charge in [0.25, 0.3) is 12.2 Å². The third-order valence-electron chi connectivity index (χ3n) is 2.97. The van der Waals surface area contributed by atoms with Gasteiger partial charge in [0.1, 0.15) is 12.6 Å². The molecule has 1 N–H and O–H groups in total. The Balaban J connectivity index is 2.64. The van der Waals surface area contributed by atoms with Crippen molar-refractivity contribution >= 4 is 23.6 Å². The minimum absolute atomic E-state index is 0.151. The quantitative estimate of drug-likeness (QED) is 0.248. The van der Waals surface area contributed by atoms with Gasteiger partial charge in [0.05, 0.1) is 7.11 Å². The number of ketones is 1. The van der Waals surface area contributed by atoms with E-state index in [1.165, 1.54) is 0 Å². The minimum atomic E-state index is -3.12. The van der Waals surface area contributed by atoms with Crippen LogP contribution >= 0.6 is 0 Å². The summed E-state index contributed by atoms with van der Waals surface area (Å²) in [6.45, 7) is -0.151. The monoisotopic (exact) mass is 355 g/mol. The zero-order chi connectivity index (χ0) is 18.8. The van der Waals surface area contributed by atoms with Gasteiger partial charge in [-0.15, -0.1) is 0 Å². The van der Waals surface area contributed by atoms with Crippen molar-refractivity contribution in [2.45, 2.75) is 25.5 Å². The molecular formula is C15H15F2N3O5. The Kier molecular flexibility index (Phi) is 7.88. The number of nitrogens with zero attached hydrogens (tertiary/aromatic N) is 2. The summed E-state index contributed by atoms with van der Waals surface area (Å²) in [5.74, 6) is -2.50. The second kappa shape index (κ2) is 9.89. The highest BCUT2D eigenvalue weighted by molar-refractivity contribution is 6.62. The maximum absolute atomic E-state index is 13.0. The number of benzene rings is 1. The molecule has 0 aliphatic rings. The molecule has 134 valence electrons. The van der Waals surface area contributed by atoms with Gasteiger partial charge in [0, 0.05) is 6.42 Å². The first kappa shape index (κ1) is 19.9. The number of hydrogen-bond acceptors (Lipinski definition) is 5. The number of Topliss-reactive ketones (excluding diaryl/α,β-unsaturated/α-hetero) is 1. The van der Waals surface area contributed by atoms with Gasteiger partial charge in [0.15, 0.2) is 0 Å². The highest BCUT2D eigenvalue weighted by Crippen LogP contribution is 2.08. The molecule has 0 saturated heterocycles. The van der Waals surface area contributed by atoms with Crippen LogP contribution in [0.1, 0.15) is 12.0 Å². The van der Waals surface area contributed by atoms with Crippen molar-refractivity contribution in [1.29, 1.82) is 0 Å². The molecule has 0 aromatic heterocycles. The van der Waals surface area contributed by atoms with Gasteiger partial charge in [0.2, 0.25) is 0 Å². The Hall–Kier alpha value is -3.13. The fourth-order valence-corrected chi connectivity index (χ4v) is 1.72. The molecule has 1 aromatic carbocycles. The summed E-state index contributed by atoms with van der Waals surface area (Å²) in [4.78, 5) is 36.9. The van der Waals surface area contributed by atoms with Crippen molar-refractivity contribution in [2.24, 2.45) is 0 Å². The van der Waals surface area contributed by atoms with E-state index in [1.54, 1.807) is 30.3 Å². The van der Waals surface area contributed by atoms with Gasteiger partial charge < -0.3 is 20.3 Å². The standard InChI is InChI=1S/C15H15F2N3O5/c1-24-14(22)12(20-18)11(21)7-10(13(16)17)19-15(23)25-8-9-5-3-2-4-6-9/h2-6,10,13H,7-8H2,1H3,(H,19,23). The van der Waals surface area contributed by atoms with Crippen LogP contribution in [-0.2, 0) is 25.7 Å². The van der Waals surface area contributed by atoms with E-state index in [0.29, 0.717) is 5.56 Å². The third-order valence-corrected chi connectivity index (χ3v) is 2.97. The lowest BCUT2D eigenvalue weighted by Crippen LogP contribution is -2.43. The fraction of sp³-hybridized carbons (Fsp3) is 0.333. The average Bonchev–Trinajstić information content (AvgIpc) is 2.60. The molecule has 1 unspecified atom stereocenters. The van der Waals surface area contributed by atoms with Crippen LogP contribution in [0, 0.1) is 0 Å². The molecule has 0 spiro atoms. The summed E-state index contributed by atoms with van der Waals surface area (Å²) in [5, 5.41) is 1.83. The van der Waals surface area contributed by atoms with Crippen molar-refractivity contribution < 1.29 is 37.4 Å². The van der Waals surface area contributed by atoms with Crippen LogP contribution < -0.4 is 5.32 Å². The molecular weight excluding hydrogens is 340 g/mol. The molecule has 1 rings (SSSR count). The summed E-state index contributed by atoms with van der Waals surface area (Å²) < 4.78 is 34.9. The van der Waals surface area contributed by atoms with Crippen LogP contribution in [0.4, 0.5) is 13.6 Å². The molecule has 1 atom stereocenters. The van der Waals surface area contributed by atoms with Crippen LogP contribution in [0.2, 0.25) is 0 Å². The minimum Gasteiger partial charge on any atom is -0.460 e. The molecule has 0 radical (unpaired) electrons. The predicted octanol–water partition coefficient (Wildman–Crippen LogP) is 1.35. The summed E-state index contributed by atoms with van der Waals surface area (Å²) in [6.07, 6.45) is -5.26. The topological polar surface area (TPSA) is 118 Å². The number of alkyl carbamates (subject to hydrolysis) is 1. The smallest absolute Gasteiger partial charge is 0.441 e. The summed E-state index contributed by atoms with van der Waals surface area (Å²) in [5.41, 5.74) is 8.20. The zero-order valence-corrected chi connectivity index (χ0v) is 13.1. The number of carbonyl (C=O) groups is 3. The number of rotatable bonds is 8. The maximum Gasteiger partial charge on any atom is 0.441 e. The van der Waals surface area contributed by atoms with Crippen LogP contribution in [-0.4, -0.2) is 47.9 Å².